The van der Waals surface area contributed by atoms with Crippen LogP contribution in [0.5, 0.6) is 5.75 Å². The van der Waals surface area contributed by atoms with Crippen molar-refractivity contribution in [1.29, 1.82) is 0 Å². The fourth-order valence-electron chi connectivity index (χ4n) is 3.97. The first kappa shape index (κ1) is 19.6. The number of ether oxygens (including phenoxy) is 1. The number of carbonyl (C=O) groups is 1. The molecule has 6 heteroatoms. The molecule has 4 rings (SSSR count). The molecule has 0 fully saturated rings. The zero-order valence-corrected chi connectivity index (χ0v) is 17.1. The lowest BCUT2D eigenvalue weighted by Gasteiger charge is -2.40. The third-order valence-electron chi connectivity index (χ3n) is 5.38. The standard InChI is InChI=1S/C23H23FN2O2S/c1-2-26-19-7-4-8-20(27)21(19)22(25-23(26)29)16-5-3-6-18(13-16)28-14-15-9-11-17(24)12-10-15/h3,5-6,9-13,22H,2,4,7-8,14H2,1H3,(H,25,29). The van der Waals surface area contributed by atoms with Gasteiger partial charge in [0, 0.05) is 24.2 Å². The van der Waals surface area contributed by atoms with Gasteiger partial charge in [-0.25, -0.2) is 4.39 Å². The number of ketones is 1. The first-order chi connectivity index (χ1) is 14.1. The van der Waals surface area contributed by atoms with Crippen LogP contribution in [-0.2, 0) is 11.4 Å². The molecule has 1 heterocycles. The van der Waals surface area contributed by atoms with E-state index in [1.165, 1.54) is 12.1 Å². The third-order valence-corrected chi connectivity index (χ3v) is 5.72. The topological polar surface area (TPSA) is 41.6 Å². The number of nitrogens with one attached hydrogen (secondary N) is 1. The Labute approximate surface area is 175 Å². The number of benzene rings is 2. The minimum atomic E-state index is -0.266. The average molecular weight is 411 g/mol. The number of halogens is 1. The first-order valence-electron chi connectivity index (χ1n) is 9.88. The summed E-state index contributed by atoms with van der Waals surface area (Å²) >= 11 is 5.58. The predicted molar refractivity (Wildman–Crippen MR) is 114 cm³/mol. The molecule has 0 saturated heterocycles. The Morgan fingerprint density at radius 3 is 2.76 bits per heavy atom. The van der Waals surface area contributed by atoms with Gasteiger partial charge in [0.25, 0.3) is 0 Å². The molecular weight excluding hydrogens is 387 g/mol. The molecule has 1 unspecified atom stereocenters. The number of carbonyl (C=O) groups excluding carboxylic acids is 1. The Morgan fingerprint density at radius 1 is 1.21 bits per heavy atom. The number of hydrogen-bond donors (Lipinski definition) is 1. The summed E-state index contributed by atoms with van der Waals surface area (Å²) in [6.45, 7) is 3.13. The van der Waals surface area contributed by atoms with Gasteiger partial charge < -0.3 is 15.0 Å². The lowest BCUT2D eigenvalue weighted by Crippen LogP contribution is -2.49. The van der Waals surface area contributed by atoms with Crippen molar-refractivity contribution in [2.75, 3.05) is 6.54 Å². The largest absolute Gasteiger partial charge is 0.489 e. The maximum Gasteiger partial charge on any atom is 0.173 e. The molecule has 0 spiro atoms. The zero-order valence-electron chi connectivity index (χ0n) is 16.3. The Morgan fingerprint density at radius 2 is 2.00 bits per heavy atom. The van der Waals surface area contributed by atoms with Gasteiger partial charge in [-0.1, -0.05) is 24.3 Å². The quantitative estimate of drug-likeness (QED) is 0.726. The lowest BCUT2D eigenvalue weighted by atomic mass is 9.85. The van der Waals surface area contributed by atoms with E-state index in [2.05, 4.69) is 5.32 Å². The van der Waals surface area contributed by atoms with Crippen LogP contribution in [0.3, 0.4) is 0 Å². The molecule has 1 N–H and O–H groups in total. The summed E-state index contributed by atoms with van der Waals surface area (Å²) in [5.74, 6) is 0.614. The van der Waals surface area contributed by atoms with Crippen molar-refractivity contribution in [2.45, 2.75) is 38.8 Å². The molecule has 0 radical (unpaired) electrons. The summed E-state index contributed by atoms with van der Waals surface area (Å²) in [5, 5.41) is 4.01. The number of Topliss-reactive ketones (excluding diaryl/α,β-unsaturated/α-hetero) is 1. The van der Waals surface area contributed by atoms with Gasteiger partial charge in [-0.3, -0.25) is 4.79 Å². The molecule has 1 atom stereocenters. The van der Waals surface area contributed by atoms with Crippen molar-refractivity contribution in [2.24, 2.45) is 0 Å². The van der Waals surface area contributed by atoms with Crippen LogP contribution in [0.2, 0.25) is 0 Å². The Balaban J connectivity index is 1.60. The molecule has 0 aromatic heterocycles. The van der Waals surface area contributed by atoms with Crippen LogP contribution >= 0.6 is 12.2 Å². The minimum absolute atomic E-state index is 0.183. The van der Waals surface area contributed by atoms with Crippen LogP contribution in [0.15, 0.2) is 59.8 Å². The van der Waals surface area contributed by atoms with Gasteiger partial charge in [-0.15, -0.1) is 0 Å². The van der Waals surface area contributed by atoms with Crippen molar-refractivity contribution in [3.05, 3.63) is 76.7 Å². The second-order valence-electron chi connectivity index (χ2n) is 7.25. The summed E-state index contributed by atoms with van der Waals surface area (Å²) in [5.41, 5.74) is 3.71. The normalized spacial score (nSPS) is 19.1. The molecule has 2 aromatic rings. The third kappa shape index (κ3) is 4.03. The van der Waals surface area contributed by atoms with Crippen molar-refractivity contribution in [3.63, 3.8) is 0 Å². The SMILES string of the molecule is CCN1C(=S)NC(c2cccc(OCc3ccc(F)cc3)c2)C2=C1CCCC2=O. The molecule has 150 valence electrons. The summed E-state index contributed by atoms with van der Waals surface area (Å²) in [6.07, 6.45) is 2.31. The Bertz CT molecular complexity index is 971. The molecule has 2 aliphatic rings. The van der Waals surface area contributed by atoms with Crippen LogP contribution < -0.4 is 10.1 Å². The number of allylic oxidation sites excluding steroid dienone is 1. The highest BCUT2D eigenvalue weighted by Crippen LogP contribution is 2.37. The second-order valence-corrected chi connectivity index (χ2v) is 7.64. The van der Waals surface area contributed by atoms with Crippen molar-refractivity contribution < 1.29 is 13.9 Å². The van der Waals surface area contributed by atoms with Crippen molar-refractivity contribution in [1.82, 2.24) is 10.2 Å². The van der Waals surface area contributed by atoms with Crippen molar-refractivity contribution in [3.8, 4) is 5.75 Å². The van der Waals surface area contributed by atoms with Crippen LogP contribution in [0.25, 0.3) is 0 Å². The van der Waals surface area contributed by atoms with E-state index in [0.717, 1.165) is 41.8 Å². The van der Waals surface area contributed by atoms with E-state index in [9.17, 15) is 9.18 Å². The van der Waals surface area contributed by atoms with Gasteiger partial charge in [0.1, 0.15) is 18.2 Å². The minimum Gasteiger partial charge on any atom is -0.489 e. The highest BCUT2D eigenvalue weighted by molar-refractivity contribution is 7.80. The maximum atomic E-state index is 13.1. The van der Waals surface area contributed by atoms with Gasteiger partial charge >= 0.3 is 0 Å². The van der Waals surface area contributed by atoms with Crippen LogP contribution in [-0.4, -0.2) is 22.3 Å². The molecular formula is C23H23FN2O2S. The van der Waals surface area contributed by atoms with E-state index in [4.69, 9.17) is 17.0 Å². The molecule has 0 bridgehead atoms. The van der Waals surface area contributed by atoms with E-state index < -0.39 is 0 Å². The predicted octanol–water partition coefficient (Wildman–Crippen LogP) is 4.66. The Hall–Kier alpha value is -2.73. The van der Waals surface area contributed by atoms with E-state index in [1.54, 1.807) is 12.1 Å². The van der Waals surface area contributed by atoms with Gasteiger partial charge in [0.2, 0.25) is 0 Å². The van der Waals surface area contributed by atoms with Crippen LogP contribution in [0.1, 0.15) is 43.4 Å². The molecule has 1 aliphatic heterocycles. The summed E-state index contributed by atoms with van der Waals surface area (Å²) < 4.78 is 19.0. The molecule has 0 saturated carbocycles. The van der Waals surface area contributed by atoms with E-state index >= 15 is 0 Å². The van der Waals surface area contributed by atoms with Gasteiger partial charge in [0.15, 0.2) is 10.9 Å². The molecule has 2 aromatic carbocycles. The van der Waals surface area contributed by atoms with E-state index in [-0.39, 0.29) is 17.6 Å². The first-order valence-corrected chi connectivity index (χ1v) is 10.3. The fraction of sp³-hybridized carbons (Fsp3) is 0.304. The lowest BCUT2D eigenvalue weighted by molar-refractivity contribution is -0.116. The van der Waals surface area contributed by atoms with E-state index in [0.29, 0.717) is 23.9 Å². The summed E-state index contributed by atoms with van der Waals surface area (Å²) in [6, 6.07) is 13.7. The number of hydrogen-bond acceptors (Lipinski definition) is 3. The molecule has 0 amide bonds. The maximum absolute atomic E-state index is 13.1. The number of nitrogens with zero attached hydrogens (tertiary/aromatic N) is 1. The summed E-state index contributed by atoms with van der Waals surface area (Å²) in [7, 11) is 0. The number of thiocarbonyl (C=S) groups is 1. The Kier molecular flexibility index (Phi) is 5.62. The molecule has 1 aliphatic carbocycles. The average Bonchev–Trinajstić information content (AvgIpc) is 2.73. The van der Waals surface area contributed by atoms with Gasteiger partial charge in [-0.2, -0.15) is 0 Å². The van der Waals surface area contributed by atoms with Crippen LogP contribution in [0, 0.1) is 5.82 Å². The zero-order chi connectivity index (χ0) is 20.4. The summed E-state index contributed by atoms with van der Waals surface area (Å²) in [4.78, 5) is 14.8. The second kappa shape index (κ2) is 8.33. The van der Waals surface area contributed by atoms with Gasteiger partial charge in [0.05, 0.1) is 6.04 Å². The molecule has 4 nitrogen and oxygen atoms in total. The van der Waals surface area contributed by atoms with Crippen molar-refractivity contribution >= 4 is 23.1 Å². The highest BCUT2D eigenvalue weighted by atomic mass is 32.1. The fourth-order valence-corrected chi connectivity index (χ4v) is 4.32. The van der Waals surface area contributed by atoms with E-state index in [1.807, 2.05) is 36.1 Å². The van der Waals surface area contributed by atoms with Crippen LogP contribution in [0.4, 0.5) is 4.39 Å². The smallest absolute Gasteiger partial charge is 0.173 e. The van der Waals surface area contributed by atoms with Gasteiger partial charge in [-0.05, 0) is 67.4 Å². The monoisotopic (exact) mass is 410 g/mol. The molecule has 29 heavy (non-hydrogen) atoms. The highest BCUT2D eigenvalue weighted by Gasteiger charge is 2.36. The number of rotatable bonds is 5.